The Hall–Kier alpha value is -2.63. The van der Waals surface area contributed by atoms with Crippen LogP contribution in [-0.2, 0) is 10.8 Å². The van der Waals surface area contributed by atoms with Gasteiger partial charge in [-0.3, -0.25) is 0 Å². The maximum Gasteiger partial charge on any atom is 0.248 e. The van der Waals surface area contributed by atoms with Crippen LogP contribution in [0.2, 0.25) is 0 Å². The number of rotatable bonds is 5. The van der Waals surface area contributed by atoms with Crippen molar-refractivity contribution in [2.75, 3.05) is 11.4 Å². The molecular formula is C23H28N6S2. The highest BCUT2D eigenvalue weighted by Crippen LogP contribution is 2.45. The fourth-order valence-electron chi connectivity index (χ4n) is 3.04. The highest BCUT2D eigenvalue weighted by Gasteiger charge is 2.27. The third-order valence-corrected chi connectivity index (χ3v) is 6.31. The van der Waals surface area contributed by atoms with E-state index in [0.29, 0.717) is 10.7 Å². The van der Waals surface area contributed by atoms with Crippen LogP contribution in [0.1, 0.15) is 59.9 Å². The van der Waals surface area contributed by atoms with Gasteiger partial charge < -0.3 is 4.90 Å². The SMILES string of the molecule is [C-]#[N+]c1c(C(C)(C)C)nsc1N=Nc1sc(N(CC)c2ccccc2)nc1C(C)(C)C. The molecule has 31 heavy (non-hydrogen) atoms. The Morgan fingerprint density at radius 2 is 1.58 bits per heavy atom. The fourth-order valence-corrected chi connectivity index (χ4v) is 5.06. The van der Waals surface area contributed by atoms with Crippen molar-refractivity contribution >= 4 is 49.4 Å². The van der Waals surface area contributed by atoms with Crippen molar-refractivity contribution < 1.29 is 0 Å². The van der Waals surface area contributed by atoms with E-state index < -0.39 is 0 Å². The molecule has 0 atom stereocenters. The molecule has 0 saturated heterocycles. The first-order valence-electron chi connectivity index (χ1n) is 10.2. The van der Waals surface area contributed by atoms with Gasteiger partial charge in [-0.1, -0.05) is 71.1 Å². The van der Waals surface area contributed by atoms with Crippen LogP contribution in [-0.4, -0.2) is 15.9 Å². The molecule has 0 saturated carbocycles. The van der Waals surface area contributed by atoms with Crippen LogP contribution >= 0.6 is 22.9 Å². The number of para-hydroxylation sites is 1. The number of hydrogen-bond donors (Lipinski definition) is 0. The molecule has 6 nitrogen and oxygen atoms in total. The molecule has 3 rings (SSSR count). The molecule has 1 aromatic carbocycles. The van der Waals surface area contributed by atoms with E-state index in [-0.39, 0.29) is 10.8 Å². The molecule has 0 amide bonds. The lowest BCUT2D eigenvalue weighted by molar-refractivity contribution is 0.573. The number of benzene rings is 1. The van der Waals surface area contributed by atoms with Crippen LogP contribution in [0, 0.1) is 6.57 Å². The molecule has 0 spiro atoms. The van der Waals surface area contributed by atoms with Gasteiger partial charge in [0, 0.05) is 17.6 Å². The molecule has 8 heteroatoms. The average Bonchev–Trinajstić information content (AvgIpc) is 3.31. The summed E-state index contributed by atoms with van der Waals surface area (Å²) in [7, 11) is 0. The standard InChI is InChI=1S/C23H28N6S2/c1-9-29(15-13-11-10-12-14-15)21-25-18(23(5,6)7)20(30-21)27-26-19-16(24-8)17(28-31-19)22(2,3)4/h10-14H,9H2,1-7H3. The maximum absolute atomic E-state index is 7.60. The second-order valence-corrected chi connectivity index (χ2v) is 10.9. The first-order valence-corrected chi connectivity index (χ1v) is 11.8. The first kappa shape index (κ1) is 23.0. The maximum atomic E-state index is 7.60. The van der Waals surface area contributed by atoms with Gasteiger partial charge in [0.1, 0.15) is 0 Å². The van der Waals surface area contributed by atoms with Gasteiger partial charge in [0.2, 0.25) is 5.69 Å². The summed E-state index contributed by atoms with van der Waals surface area (Å²) in [5.41, 5.74) is 2.85. The van der Waals surface area contributed by atoms with E-state index in [4.69, 9.17) is 11.6 Å². The lowest BCUT2D eigenvalue weighted by Gasteiger charge is -2.20. The summed E-state index contributed by atoms with van der Waals surface area (Å²) in [6.07, 6.45) is 0. The normalized spacial score (nSPS) is 12.3. The molecule has 2 heterocycles. The third-order valence-electron chi connectivity index (χ3n) is 4.63. The molecule has 0 aliphatic carbocycles. The molecule has 0 aliphatic heterocycles. The second kappa shape index (κ2) is 8.85. The van der Waals surface area contributed by atoms with Crippen molar-refractivity contribution in [2.45, 2.75) is 59.3 Å². The number of anilines is 2. The first-order chi connectivity index (χ1) is 14.6. The Morgan fingerprint density at radius 3 is 2.13 bits per heavy atom. The smallest absolute Gasteiger partial charge is 0.248 e. The summed E-state index contributed by atoms with van der Waals surface area (Å²) in [5.74, 6) is 0. The molecule has 2 aromatic heterocycles. The van der Waals surface area contributed by atoms with E-state index >= 15 is 0 Å². The molecule has 0 N–H and O–H groups in total. The quantitative estimate of drug-likeness (QED) is 0.289. The third kappa shape index (κ3) is 5.00. The van der Waals surface area contributed by atoms with Crippen molar-refractivity contribution in [1.82, 2.24) is 9.36 Å². The number of nitrogens with zero attached hydrogens (tertiary/aromatic N) is 6. The molecule has 0 radical (unpaired) electrons. The van der Waals surface area contributed by atoms with Crippen LogP contribution in [0.3, 0.4) is 0 Å². The number of hydrogen-bond acceptors (Lipinski definition) is 7. The van der Waals surface area contributed by atoms with Crippen LogP contribution < -0.4 is 4.90 Å². The zero-order chi connectivity index (χ0) is 22.8. The summed E-state index contributed by atoms with van der Waals surface area (Å²) < 4.78 is 4.48. The van der Waals surface area contributed by atoms with E-state index in [1.54, 1.807) is 0 Å². The minimum absolute atomic E-state index is 0.188. The summed E-state index contributed by atoms with van der Waals surface area (Å²) in [5, 5.41) is 11.2. The van der Waals surface area contributed by atoms with Crippen molar-refractivity contribution in [3.05, 3.63) is 53.1 Å². The molecular weight excluding hydrogens is 424 g/mol. The zero-order valence-electron chi connectivity index (χ0n) is 19.1. The van der Waals surface area contributed by atoms with Crippen molar-refractivity contribution in [3.63, 3.8) is 0 Å². The van der Waals surface area contributed by atoms with Gasteiger partial charge in [-0.15, -0.1) is 10.2 Å². The van der Waals surface area contributed by atoms with Gasteiger partial charge in [0.25, 0.3) is 0 Å². The summed E-state index contributed by atoms with van der Waals surface area (Å²) in [4.78, 5) is 10.8. The fraction of sp³-hybridized carbons (Fsp3) is 0.435. The van der Waals surface area contributed by atoms with Crippen LogP contribution in [0.25, 0.3) is 4.85 Å². The van der Waals surface area contributed by atoms with Gasteiger partial charge in [0.15, 0.2) is 15.1 Å². The Balaban J connectivity index is 2.04. The van der Waals surface area contributed by atoms with Gasteiger partial charge in [-0.2, -0.15) is 0 Å². The number of thiazole rings is 1. The van der Waals surface area contributed by atoms with E-state index in [9.17, 15) is 0 Å². The number of azo groups is 1. The van der Waals surface area contributed by atoms with Gasteiger partial charge in [-0.25, -0.2) is 14.2 Å². The minimum Gasteiger partial charge on any atom is -0.318 e. The van der Waals surface area contributed by atoms with E-state index in [1.165, 1.54) is 22.9 Å². The van der Waals surface area contributed by atoms with E-state index in [0.717, 1.165) is 33.8 Å². The number of aromatic nitrogens is 2. The summed E-state index contributed by atoms with van der Waals surface area (Å²) in [6, 6.07) is 10.2. The molecule has 0 fully saturated rings. The molecule has 3 aromatic rings. The van der Waals surface area contributed by atoms with Gasteiger partial charge >= 0.3 is 0 Å². The molecule has 162 valence electrons. The van der Waals surface area contributed by atoms with Crippen molar-refractivity contribution in [1.29, 1.82) is 0 Å². The highest BCUT2D eigenvalue weighted by molar-refractivity contribution is 7.19. The lowest BCUT2D eigenvalue weighted by atomic mass is 9.91. The second-order valence-electron chi connectivity index (χ2n) is 9.23. The Labute approximate surface area is 192 Å². The van der Waals surface area contributed by atoms with E-state index in [1.807, 2.05) is 39.0 Å². The predicted octanol–water partition coefficient (Wildman–Crippen LogP) is 8.32. The van der Waals surface area contributed by atoms with E-state index in [2.05, 4.69) is 64.2 Å². The van der Waals surface area contributed by atoms with Crippen LogP contribution in [0.4, 0.5) is 26.5 Å². The molecule has 0 unspecified atom stereocenters. The highest BCUT2D eigenvalue weighted by atomic mass is 32.1. The molecule has 0 aliphatic rings. The average molecular weight is 453 g/mol. The summed E-state index contributed by atoms with van der Waals surface area (Å²) >= 11 is 2.74. The van der Waals surface area contributed by atoms with Crippen LogP contribution in [0.5, 0.6) is 0 Å². The topological polar surface area (TPSA) is 58.1 Å². The largest absolute Gasteiger partial charge is 0.318 e. The lowest BCUT2D eigenvalue weighted by Crippen LogP contribution is -2.17. The Bertz CT molecular complexity index is 1110. The summed E-state index contributed by atoms with van der Waals surface area (Å²) in [6.45, 7) is 23.0. The Morgan fingerprint density at radius 1 is 0.968 bits per heavy atom. The monoisotopic (exact) mass is 452 g/mol. The van der Waals surface area contributed by atoms with Gasteiger partial charge in [-0.05, 0) is 36.0 Å². The van der Waals surface area contributed by atoms with Crippen molar-refractivity contribution in [2.24, 2.45) is 10.2 Å². The predicted molar refractivity (Wildman–Crippen MR) is 131 cm³/mol. The molecule has 0 bridgehead atoms. The van der Waals surface area contributed by atoms with Crippen LogP contribution in [0.15, 0.2) is 40.6 Å². The van der Waals surface area contributed by atoms with Crippen molar-refractivity contribution in [3.8, 4) is 0 Å². The minimum atomic E-state index is -0.213. The zero-order valence-corrected chi connectivity index (χ0v) is 20.7. The van der Waals surface area contributed by atoms with Gasteiger partial charge in [0.05, 0.1) is 18.0 Å². The Kier molecular flexibility index (Phi) is 6.58.